The molecular formula is C15H21BrN2S2. The molecule has 20 heavy (non-hydrogen) atoms. The summed E-state index contributed by atoms with van der Waals surface area (Å²) in [5, 5.41) is 4.90. The van der Waals surface area contributed by atoms with Crippen LogP contribution in [-0.2, 0) is 6.42 Å². The van der Waals surface area contributed by atoms with Gasteiger partial charge in [-0.05, 0) is 59.7 Å². The fourth-order valence-electron chi connectivity index (χ4n) is 2.93. The highest BCUT2D eigenvalue weighted by Gasteiger charge is 2.39. The topological polar surface area (TPSA) is 24.4 Å². The van der Waals surface area contributed by atoms with Gasteiger partial charge in [-0.25, -0.2) is 0 Å². The van der Waals surface area contributed by atoms with Crippen molar-refractivity contribution in [1.29, 1.82) is 0 Å². The first kappa shape index (κ1) is 14.9. The van der Waals surface area contributed by atoms with Gasteiger partial charge >= 0.3 is 0 Å². The van der Waals surface area contributed by atoms with Gasteiger partial charge in [0.15, 0.2) is 5.17 Å². The number of hydrogen-bond donors (Lipinski definition) is 1. The molecule has 1 N–H and O–H groups in total. The number of halogens is 1. The Bertz CT molecular complexity index is 490. The molecule has 2 aliphatic rings. The summed E-state index contributed by atoms with van der Waals surface area (Å²) in [5.41, 5.74) is 0.363. The summed E-state index contributed by atoms with van der Waals surface area (Å²) in [4.78, 5) is 6.16. The van der Waals surface area contributed by atoms with Gasteiger partial charge in [-0.1, -0.05) is 18.7 Å². The lowest BCUT2D eigenvalue weighted by Crippen LogP contribution is -2.46. The second-order valence-electron chi connectivity index (χ2n) is 6.02. The predicted octanol–water partition coefficient (Wildman–Crippen LogP) is 4.69. The molecule has 110 valence electrons. The maximum atomic E-state index is 4.76. The van der Waals surface area contributed by atoms with E-state index < -0.39 is 0 Å². The molecule has 0 unspecified atom stereocenters. The molecule has 1 aromatic heterocycles. The summed E-state index contributed by atoms with van der Waals surface area (Å²) in [6, 6.07) is 4.31. The number of aliphatic imine (C=N–C) groups is 1. The average molecular weight is 373 g/mol. The van der Waals surface area contributed by atoms with Crippen LogP contribution in [0.15, 0.2) is 20.9 Å². The van der Waals surface area contributed by atoms with Crippen molar-refractivity contribution in [1.82, 2.24) is 5.32 Å². The third-order valence-corrected chi connectivity index (χ3v) is 7.22. The maximum Gasteiger partial charge on any atom is 0.157 e. The molecule has 1 spiro atoms. The van der Waals surface area contributed by atoms with E-state index in [2.05, 4.69) is 40.3 Å². The number of thiophene rings is 1. The van der Waals surface area contributed by atoms with Crippen LogP contribution in [0.25, 0.3) is 0 Å². The smallest absolute Gasteiger partial charge is 0.157 e. The summed E-state index contributed by atoms with van der Waals surface area (Å²) in [7, 11) is 0. The van der Waals surface area contributed by atoms with E-state index in [9.17, 15) is 0 Å². The number of amidine groups is 1. The second kappa shape index (κ2) is 6.41. The molecule has 2 heterocycles. The number of thioether (sulfide) groups is 1. The zero-order chi connectivity index (χ0) is 14.0. The lowest BCUT2D eigenvalue weighted by molar-refractivity contribution is 0.251. The van der Waals surface area contributed by atoms with Crippen LogP contribution >= 0.6 is 39.0 Å². The van der Waals surface area contributed by atoms with E-state index in [1.165, 1.54) is 45.3 Å². The lowest BCUT2D eigenvalue weighted by atomic mass is 9.78. The first-order chi connectivity index (χ1) is 9.65. The molecule has 1 aliphatic carbocycles. The van der Waals surface area contributed by atoms with E-state index in [4.69, 9.17) is 4.99 Å². The van der Waals surface area contributed by atoms with Crippen molar-refractivity contribution in [3.05, 3.63) is 20.8 Å². The molecule has 5 heteroatoms. The fourth-order valence-corrected chi connectivity index (χ4v) is 5.65. The molecule has 1 saturated heterocycles. The van der Waals surface area contributed by atoms with Crippen molar-refractivity contribution in [3.8, 4) is 0 Å². The third-order valence-electron chi connectivity index (χ3n) is 4.33. The van der Waals surface area contributed by atoms with Crippen molar-refractivity contribution in [3.63, 3.8) is 0 Å². The minimum Gasteiger partial charge on any atom is -0.359 e. The van der Waals surface area contributed by atoms with Gasteiger partial charge in [0.1, 0.15) is 0 Å². The summed E-state index contributed by atoms with van der Waals surface area (Å²) in [5.74, 6) is 2.12. The van der Waals surface area contributed by atoms with Crippen molar-refractivity contribution < 1.29 is 0 Å². The summed E-state index contributed by atoms with van der Waals surface area (Å²) in [6.07, 6.45) is 6.41. The van der Waals surface area contributed by atoms with Crippen molar-refractivity contribution in [2.24, 2.45) is 10.9 Å². The van der Waals surface area contributed by atoms with E-state index in [0.717, 1.165) is 18.9 Å². The summed E-state index contributed by atoms with van der Waals surface area (Å²) < 4.78 is 1.21. The van der Waals surface area contributed by atoms with Gasteiger partial charge in [0.2, 0.25) is 0 Å². The van der Waals surface area contributed by atoms with Gasteiger partial charge in [-0.3, -0.25) is 4.99 Å². The Hall–Kier alpha value is -0.0000000000000000278. The van der Waals surface area contributed by atoms with E-state index >= 15 is 0 Å². The molecule has 3 rings (SSSR count). The number of nitrogens with zero attached hydrogens (tertiary/aromatic N) is 1. The van der Waals surface area contributed by atoms with Gasteiger partial charge < -0.3 is 5.32 Å². The maximum absolute atomic E-state index is 4.76. The first-order valence-corrected chi connectivity index (χ1v) is 9.94. The van der Waals surface area contributed by atoms with Crippen LogP contribution in [0, 0.1) is 5.92 Å². The van der Waals surface area contributed by atoms with Crippen LogP contribution in [0.5, 0.6) is 0 Å². The Labute approximate surface area is 138 Å². The molecule has 2 fully saturated rings. The first-order valence-electron chi connectivity index (χ1n) is 7.35. The number of nitrogens with one attached hydrogen (secondary N) is 1. The zero-order valence-electron chi connectivity index (χ0n) is 11.8. The Morgan fingerprint density at radius 3 is 2.90 bits per heavy atom. The second-order valence-corrected chi connectivity index (χ2v) is 9.53. The highest BCUT2D eigenvalue weighted by Crippen LogP contribution is 2.38. The van der Waals surface area contributed by atoms with Crippen LogP contribution in [0.1, 0.15) is 37.5 Å². The number of hydrogen-bond acceptors (Lipinski definition) is 3. The highest BCUT2D eigenvalue weighted by molar-refractivity contribution is 9.11. The molecule has 0 amide bonds. The van der Waals surface area contributed by atoms with E-state index in [0.29, 0.717) is 5.54 Å². The molecule has 2 nitrogen and oxygen atoms in total. The SMILES string of the molecule is CC1CCC2(CC1)CSC(=NCCc1ccc(Br)s1)N2. The van der Waals surface area contributed by atoms with E-state index in [1.54, 1.807) is 0 Å². The van der Waals surface area contributed by atoms with Crippen molar-refractivity contribution >= 4 is 44.2 Å². The molecular weight excluding hydrogens is 352 g/mol. The van der Waals surface area contributed by atoms with E-state index in [-0.39, 0.29) is 0 Å². The molecule has 1 aliphatic heterocycles. The largest absolute Gasteiger partial charge is 0.359 e. The van der Waals surface area contributed by atoms with E-state index in [1.807, 2.05) is 23.1 Å². The zero-order valence-corrected chi connectivity index (χ0v) is 15.0. The van der Waals surface area contributed by atoms with Crippen molar-refractivity contribution in [2.75, 3.05) is 12.3 Å². The Morgan fingerprint density at radius 1 is 1.40 bits per heavy atom. The lowest BCUT2D eigenvalue weighted by Gasteiger charge is -2.35. The Balaban J connectivity index is 1.50. The quantitative estimate of drug-likeness (QED) is 0.831. The van der Waals surface area contributed by atoms with Gasteiger partial charge in [-0.2, -0.15) is 0 Å². The molecule has 0 radical (unpaired) electrons. The van der Waals surface area contributed by atoms with Gasteiger partial charge in [-0.15, -0.1) is 11.3 Å². The van der Waals surface area contributed by atoms with Crippen LogP contribution in [0.3, 0.4) is 0 Å². The minimum atomic E-state index is 0.363. The van der Waals surface area contributed by atoms with Crippen LogP contribution < -0.4 is 5.32 Å². The van der Waals surface area contributed by atoms with Gasteiger partial charge in [0.05, 0.1) is 3.79 Å². The predicted molar refractivity (Wildman–Crippen MR) is 94.0 cm³/mol. The Morgan fingerprint density at radius 2 is 2.20 bits per heavy atom. The van der Waals surface area contributed by atoms with Crippen molar-refractivity contribution in [2.45, 2.75) is 44.6 Å². The molecule has 0 atom stereocenters. The minimum absolute atomic E-state index is 0.363. The monoisotopic (exact) mass is 372 g/mol. The normalized spacial score (nSPS) is 31.9. The molecule has 1 aromatic rings. The average Bonchev–Trinajstić information content (AvgIpc) is 3.02. The van der Waals surface area contributed by atoms with Gasteiger partial charge in [0, 0.05) is 29.1 Å². The van der Waals surface area contributed by atoms with Crippen LogP contribution in [0.4, 0.5) is 0 Å². The molecule has 1 saturated carbocycles. The molecule has 0 aromatic carbocycles. The standard InChI is InChI=1S/C15H21BrN2S2/c1-11-4-7-15(8-5-11)10-19-14(18-15)17-9-6-12-2-3-13(16)20-12/h2-3,11H,4-10H2,1H3,(H,17,18). The fraction of sp³-hybridized carbons (Fsp3) is 0.667. The highest BCUT2D eigenvalue weighted by atomic mass is 79.9. The van der Waals surface area contributed by atoms with Crippen LogP contribution in [0.2, 0.25) is 0 Å². The third kappa shape index (κ3) is 3.60. The molecule has 0 bridgehead atoms. The summed E-state index contributed by atoms with van der Waals surface area (Å²) >= 11 is 7.24. The van der Waals surface area contributed by atoms with Crippen LogP contribution in [-0.4, -0.2) is 23.0 Å². The Kier molecular flexibility index (Phi) is 4.78. The summed E-state index contributed by atoms with van der Waals surface area (Å²) in [6.45, 7) is 3.28. The number of rotatable bonds is 3. The van der Waals surface area contributed by atoms with Gasteiger partial charge in [0.25, 0.3) is 0 Å².